The molecule has 0 amide bonds. The van der Waals surface area contributed by atoms with E-state index in [0.29, 0.717) is 11.8 Å². The van der Waals surface area contributed by atoms with Gasteiger partial charge in [0.05, 0.1) is 0 Å². The lowest BCUT2D eigenvalue weighted by Gasteiger charge is -2.23. The zero-order valence-electron chi connectivity index (χ0n) is 9.62. The second-order valence-corrected chi connectivity index (χ2v) is 4.45. The number of pyridine rings is 1. The molecule has 0 aliphatic heterocycles. The molecule has 0 saturated carbocycles. The maximum absolute atomic E-state index is 4.37. The smallest absolute Gasteiger partial charge is 0.0406 e. The second-order valence-electron chi connectivity index (χ2n) is 4.45. The summed E-state index contributed by atoms with van der Waals surface area (Å²) in [5.41, 5.74) is 1.20. The second kappa shape index (κ2) is 5.14. The molecule has 0 N–H and O–H groups in total. The van der Waals surface area contributed by atoms with Crippen LogP contribution >= 0.6 is 0 Å². The zero-order chi connectivity index (χ0) is 10.6. The van der Waals surface area contributed by atoms with Crippen molar-refractivity contribution in [2.24, 2.45) is 11.8 Å². The van der Waals surface area contributed by atoms with E-state index in [0.717, 1.165) is 6.42 Å². The van der Waals surface area contributed by atoms with Gasteiger partial charge >= 0.3 is 0 Å². The van der Waals surface area contributed by atoms with E-state index in [1.807, 2.05) is 12.3 Å². The van der Waals surface area contributed by atoms with E-state index in [9.17, 15) is 0 Å². The summed E-state index contributed by atoms with van der Waals surface area (Å²) in [4.78, 5) is 4.37. The van der Waals surface area contributed by atoms with Gasteiger partial charge < -0.3 is 0 Å². The van der Waals surface area contributed by atoms with Crippen LogP contribution < -0.4 is 0 Å². The predicted octanol–water partition coefficient (Wildman–Crippen LogP) is 3.51. The summed E-state index contributed by atoms with van der Waals surface area (Å²) in [6.07, 6.45) is 2.94. The molecule has 1 atom stereocenters. The zero-order valence-corrected chi connectivity index (χ0v) is 9.62. The summed E-state index contributed by atoms with van der Waals surface area (Å²) in [5, 5.41) is 0. The van der Waals surface area contributed by atoms with Gasteiger partial charge in [-0.05, 0) is 36.3 Å². The van der Waals surface area contributed by atoms with Gasteiger partial charge in [-0.15, -0.1) is 0 Å². The summed E-state index contributed by atoms with van der Waals surface area (Å²) in [7, 11) is 0. The number of rotatable bonds is 4. The third-order valence-electron chi connectivity index (χ3n) is 2.70. The van der Waals surface area contributed by atoms with E-state index < -0.39 is 0 Å². The average molecular weight is 190 g/mol. The van der Waals surface area contributed by atoms with Crippen molar-refractivity contribution in [1.82, 2.24) is 4.98 Å². The third-order valence-corrected chi connectivity index (χ3v) is 2.70. The molecular weight excluding hydrogens is 170 g/mol. The summed E-state index contributed by atoms with van der Waals surface area (Å²) in [6.45, 7) is 8.99. The van der Waals surface area contributed by atoms with E-state index in [2.05, 4.69) is 44.8 Å². The molecule has 1 aromatic rings. The third kappa shape index (κ3) is 3.13. The van der Waals surface area contributed by atoms with Gasteiger partial charge in [0.2, 0.25) is 0 Å². The maximum Gasteiger partial charge on any atom is 0.0406 e. The topological polar surface area (TPSA) is 12.9 Å². The Balaban J connectivity index is 2.65. The maximum atomic E-state index is 4.37. The largest absolute Gasteiger partial charge is 0.261 e. The molecule has 1 aromatic heterocycles. The van der Waals surface area contributed by atoms with Gasteiger partial charge in [-0.1, -0.05) is 33.8 Å². The Morgan fingerprint density at radius 3 is 2.43 bits per heavy atom. The number of hydrogen-bond donors (Lipinski definition) is 0. The van der Waals surface area contributed by atoms with Crippen molar-refractivity contribution in [2.45, 2.75) is 34.1 Å². The molecule has 0 fully saturated rings. The lowest BCUT2D eigenvalue weighted by molar-refractivity contribution is 0.396. The monoisotopic (exact) mass is 190 g/mol. The first-order valence-electron chi connectivity index (χ1n) is 5.31. The molecule has 0 aliphatic carbocycles. The minimum absolute atomic E-state index is 0.657. The van der Waals surface area contributed by atoms with E-state index in [1.54, 1.807) is 0 Å². The molecule has 14 heavy (non-hydrogen) atoms. The van der Waals surface area contributed by atoms with Crippen LogP contribution in [0, 0.1) is 17.8 Å². The highest BCUT2D eigenvalue weighted by atomic mass is 14.7. The van der Waals surface area contributed by atoms with Gasteiger partial charge in [-0.25, -0.2) is 0 Å². The van der Waals surface area contributed by atoms with Gasteiger partial charge in [0.25, 0.3) is 0 Å². The van der Waals surface area contributed by atoms with Crippen molar-refractivity contribution in [2.75, 3.05) is 0 Å². The van der Waals surface area contributed by atoms with Crippen molar-refractivity contribution in [1.29, 1.82) is 0 Å². The van der Waals surface area contributed by atoms with Gasteiger partial charge in [0, 0.05) is 11.9 Å². The molecule has 1 heteroatoms. The standard InChI is InChI=1S/C13H20N/c1-10(2)13(11(3)4)9-12-7-5-6-8-14-12/h5-8,10,13H,9H2,1-4H3. The Hall–Kier alpha value is -0.850. The van der Waals surface area contributed by atoms with Crippen molar-refractivity contribution >= 4 is 0 Å². The molecule has 1 heterocycles. The Bertz CT molecular complexity index is 243. The summed E-state index contributed by atoms with van der Waals surface area (Å²) in [5.74, 6) is 2.86. The minimum Gasteiger partial charge on any atom is -0.261 e. The first-order valence-corrected chi connectivity index (χ1v) is 5.31. The molecule has 77 valence electrons. The fourth-order valence-electron chi connectivity index (χ4n) is 1.85. The molecule has 0 aromatic carbocycles. The summed E-state index contributed by atoms with van der Waals surface area (Å²) >= 11 is 0. The SMILES string of the molecule is C[C](C)C(Cc1ccccn1)C(C)C. The van der Waals surface area contributed by atoms with Crippen molar-refractivity contribution < 1.29 is 0 Å². The van der Waals surface area contributed by atoms with Crippen molar-refractivity contribution in [3.63, 3.8) is 0 Å². The van der Waals surface area contributed by atoms with Crippen LogP contribution in [0.2, 0.25) is 0 Å². The fraction of sp³-hybridized carbons (Fsp3) is 0.538. The fourth-order valence-corrected chi connectivity index (χ4v) is 1.85. The molecule has 0 bridgehead atoms. The van der Waals surface area contributed by atoms with Crippen LogP contribution in [-0.2, 0) is 6.42 Å². The van der Waals surface area contributed by atoms with E-state index in [-0.39, 0.29) is 0 Å². The van der Waals surface area contributed by atoms with Gasteiger partial charge in [-0.3, -0.25) is 4.98 Å². The van der Waals surface area contributed by atoms with Crippen LogP contribution in [-0.4, -0.2) is 4.98 Å². The van der Waals surface area contributed by atoms with Crippen LogP contribution in [0.3, 0.4) is 0 Å². The van der Waals surface area contributed by atoms with Crippen LogP contribution in [0.5, 0.6) is 0 Å². The van der Waals surface area contributed by atoms with E-state index in [1.165, 1.54) is 11.6 Å². The number of aromatic nitrogens is 1. The first-order chi connectivity index (χ1) is 6.61. The van der Waals surface area contributed by atoms with Crippen molar-refractivity contribution in [3.05, 3.63) is 36.0 Å². The highest BCUT2D eigenvalue weighted by molar-refractivity contribution is 5.07. The summed E-state index contributed by atoms with van der Waals surface area (Å²) < 4.78 is 0. The predicted molar refractivity (Wildman–Crippen MR) is 60.9 cm³/mol. The van der Waals surface area contributed by atoms with Crippen LogP contribution in [0.1, 0.15) is 33.4 Å². The number of nitrogens with zero attached hydrogens (tertiary/aromatic N) is 1. The first kappa shape index (κ1) is 11.2. The van der Waals surface area contributed by atoms with Crippen LogP contribution in [0.15, 0.2) is 24.4 Å². The molecule has 1 radical (unpaired) electrons. The lowest BCUT2D eigenvalue weighted by atomic mass is 9.82. The number of hydrogen-bond acceptors (Lipinski definition) is 1. The minimum atomic E-state index is 0.657. The Morgan fingerprint density at radius 1 is 1.29 bits per heavy atom. The van der Waals surface area contributed by atoms with Gasteiger partial charge in [0.1, 0.15) is 0 Å². The Morgan fingerprint density at radius 2 is 2.00 bits per heavy atom. The molecule has 0 saturated heterocycles. The summed E-state index contributed by atoms with van der Waals surface area (Å²) in [6, 6.07) is 6.14. The molecule has 1 rings (SSSR count). The van der Waals surface area contributed by atoms with E-state index in [4.69, 9.17) is 0 Å². The Kier molecular flexibility index (Phi) is 4.12. The molecule has 0 aliphatic rings. The quantitative estimate of drug-likeness (QED) is 0.708. The highest BCUT2D eigenvalue weighted by Gasteiger charge is 2.18. The van der Waals surface area contributed by atoms with Gasteiger partial charge in [-0.2, -0.15) is 0 Å². The molecule has 1 nitrogen and oxygen atoms in total. The van der Waals surface area contributed by atoms with Crippen LogP contribution in [0.4, 0.5) is 0 Å². The highest BCUT2D eigenvalue weighted by Crippen LogP contribution is 2.25. The molecule has 0 spiro atoms. The van der Waals surface area contributed by atoms with Gasteiger partial charge in [0.15, 0.2) is 0 Å². The van der Waals surface area contributed by atoms with E-state index >= 15 is 0 Å². The Labute approximate surface area is 87.6 Å². The van der Waals surface area contributed by atoms with Crippen molar-refractivity contribution in [3.8, 4) is 0 Å². The lowest BCUT2D eigenvalue weighted by Crippen LogP contribution is -2.17. The molecule has 1 unspecified atom stereocenters. The van der Waals surface area contributed by atoms with Crippen LogP contribution in [0.25, 0.3) is 0 Å². The average Bonchev–Trinajstić information content (AvgIpc) is 2.15. The normalized spacial score (nSPS) is 11.6. The molecular formula is C13H20N.